The van der Waals surface area contributed by atoms with Crippen LogP contribution >= 0.6 is 23.4 Å². The molecule has 0 saturated carbocycles. The molecule has 0 radical (unpaired) electrons. The van der Waals surface area contributed by atoms with Crippen molar-refractivity contribution in [3.8, 4) is 5.75 Å². The second kappa shape index (κ2) is 8.85. The molecule has 0 aliphatic carbocycles. The number of halogens is 1. The maximum absolute atomic E-state index is 13.4. The first kappa shape index (κ1) is 19.8. The van der Waals surface area contributed by atoms with E-state index in [0.717, 1.165) is 44.1 Å². The Hall–Kier alpha value is -0.910. The van der Waals surface area contributed by atoms with Crippen molar-refractivity contribution >= 4 is 29.3 Å². The summed E-state index contributed by atoms with van der Waals surface area (Å²) in [7, 11) is 0. The van der Waals surface area contributed by atoms with E-state index in [0.29, 0.717) is 10.8 Å². The fourth-order valence-electron chi connectivity index (χ4n) is 3.70. The number of rotatable bonds is 5. The van der Waals surface area contributed by atoms with Crippen LogP contribution in [0, 0.1) is 0 Å². The molecule has 2 heterocycles. The Morgan fingerprint density at radius 1 is 1.19 bits per heavy atom. The predicted octanol–water partition coefficient (Wildman–Crippen LogP) is 3.93. The molecular formula is C20H29ClN2O2S. The molecule has 26 heavy (non-hydrogen) atoms. The lowest BCUT2D eigenvalue weighted by Crippen LogP contribution is -2.55. The van der Waals surface area contributed by atoms with Gasteiger partial charge in [-0.2, -0.15) is 11.8 Å². The SMILES string of the molecule is CC(C)(Oc1ccc(Cl)cc1)C(=O)N1CCCSCC1CN1CCCC1. The molecule has 1 aromatic rings. The van der Waals surface area contributed by atoms with Gasteiger partial charge < -0.3 is 14.5 Å². The maximum atomic E-state index is 13.4. The van der Waals surface area contributed by atoms with Crippen molar-refractivity contribution in [2.75, 3.05) is 37.7 Å². The van der Waals surface area contributed by atoms with Crippen LogP contribution in [0.15, 0.2) is 24.3 Å². The van der Waals surface area contributed by atoms with Gasteiger partial charge in [-0.1, -0.05) is 11.6 Å². The third-order valence-electron chi connectivity index (χ3n) is 5.07. The van der Waals surface area contributed by atoms with Crippen LogP contribution in [0.4, 0.5) is 0 Å². The highest BCUT2D eigenvalue weighted by Gasteiger charge is 2.38. The normalized spacial score (nSPS) is 22.3. The van der Waals surface area contributed by atoms with Gasteiger partial charge in [0.2, 0.25) is 0 Å². The van der Waals surface area contributed by atoms with E-state index in [2.05, 4.69) is 9.80 Å². The number of carbonyl (C=O) groups is 1. The summed E-state index contributed by atoms with van der Waals surface area (Å²) in [4.78, 5) is 18.0. The van der Waals surface area contributed by atoms with E-state index < -0.39 is 5.60 Å². The fraction of sp³-hybridized carbons (Fsp3) is 0.650. The van der Waals surface area contributed by atoms with E-state index in [1.807, 2.05) is 37.7 Å². The Bertz CT molecular complexity index is 602. The van der Waals surface area contributed by atoms with Gasteiger partial charge >= 0.3 is 0 Å². The van der Waals surface area contributed by atoms with Gasteiger partial charge in [0.15, 0.2) is 5.60 Å². The summed E-state index contributed by atoms with van der Waals surface area (Å²) in [6.45, 7) is 7.86. The third-order valence-corrected chi connectivity index (χ3v) is 6.52. The zero-order chi connectivity index (χ0) is 18.6. The molecule has 1 amide bonds. The van der Waals surface area contributed by atoms with Gasteiger partial charge in [0.05, 0.1) is 6.04 Å². The molecule has 0 spiro atoms. The Labute approximate surface area is 166 Å². The lowest BCUT2D eigenvalue weighted by atomic mass is 10.1. The molecule has 1 atom stereocenters. The summed E-state index contributed by atoms with van der Waals surface area (Å²) in [6.07, 6.45) is 3.60. The molecular weight excluding hydrogens is 368 g/mol. The van der Waals surface area contributed by atoms with Crippen LogP contribution in [0.5, 0.6) is 5.75 Å². The molecule has 2 aliphatic rings. The summed E-state index contributed by atoms with van der Waals surface area (Å²) in [5.41, 5.74) is -0.897. The monoisotopic (exact) mass is 396 g/mol. The van der Waals surface area contributed by atoms with Crippen LogP contribution in [0.1, 0.15) is 33.1 Å². The van der Waals surface area contributed by atoms with Gasteiger partial charge in [0.1, 0.15) is 5.75 Å². The second-order valence-corrected chi connectivity index (χ2v) is 9.24. The largest absolute Gasteiger partial charge is 0.478 e. The number of likely N-dealkylation sites (tertiary alicyclic amines) is 1. The first-order valence-electron chi connectivity index (χ1n) is 9.51. The van der Waals surface area contributed by atoms with Crippen LogP contribution in [0.3, 0.4) is 0 Å². The van der Waals surface area contributed by atoms with E-state index in [1.165, 1.54) is 12.8 Å². The van der Waals surface area contributed by atoms with Crippen molar-refractivity contribution in [1.29, 1.82) is 0 Å². The maximum Gasteiger partial charge on any atom is 0.266 e. The summed E-state index contributed by atoms with van der Waals surface area (Å²) >= 11 is 7.92. The van der Waals surface area contributed by atoms with Crippen molar-refractivity contribution in [2.24, 2.45) is 0 Å². The lowest BCUT2D eigenvalue weighted by molar-refractivity contribution is -0.147. The van der Waals surface area contributed by atoms with Crippen LogP contribution < -0.4 is 4.74 Å². The predicted molar refractivity (Wildman–Crippen MR) is 109 cm³/mol. The van der Waals surface area contributed by atoms with Gasteiger partial charge in [0.25, 0.3) is 5.91 Å². The molecule has 6 heteroatoms. The Balaban J connectivity index is 1.71. The van der Waals surface area contributed by atoms with E-state index in [-0.39, 0.29) is 11.9 Å². The zero-order valence-corrected chi connectivity index (χ0v) is 17.3. The van der Waals surface area contributed by atoms with Crippen molar-refractivity contribution in [3.05, 3.63) is 29.3 Å². The molecule has 2 fully saturated rings. The number of amides is 1. The van der Waals surface area contributed by atoms with Crippen molar-refractivity contribution in [2.45, 2.75) is 44.8 Å². The third kappa shape index (κ3) is 5.08. The molecule has 144 valence electrons. The van der Waals surface area contributed by atoms with E-state index in [9.17, 15) is 4.79 Å². The van der Waals surface area contributed by atoms with Crippen molar-refractivity contribution in [1.82, 2.24) is 9.80 Å². The standard InChI is InChI=1S/C20H29ClN2O2S/c1-20(2,25-18-8-6-16(21)7-9-18)19(24)23-12-5-13-26-15-17(23)14-22-10-3-4-11-22/h6-9,17H,3-5,10-15H2,1-2H3. The molecule has 0 N–H and O–H groups in total. The second-order valence-electron chi connectivity index (χ2n) is 7.65. The van der Waals surface area contributed by atoms with E-state index in [1.54, 1.807) is 12.1 Å². The number of benzene rings is 1. The van der Waals surface area contributed by atoms with Crippen LogP contribution in [-0.4, -0.2) is 65.0 Å². The summed E-state index contributed by atoms with van der Waals surface area (Å²) in [5, 5.41) is 0.664. The van der Waals surface area contributed by atoms with Gasteiger partial charge in [-0.15, -0.1) is 0 Å². The molecule has 0 bridgehead atoms. The summed E-state index contributed by atoms with van der Waals surface area (Å²) in [5.74, 6) is 2.89. The molecule has 1 aromatic carbocycles. The average molecular weight is 397 g/mol. The zero-order valence-electron chi connectivity index (χ0n) is 15.7. The van der Waals surface area contributed by atoms with Gasteiger partial charge in [-0.05, 0) is 76.2 Å². The number of thioether (sulfide) groups is 1. The molecule has 1 unspecified atom stereocenters. The molecule has 2 saturated heterocycles. The number of carbonyl (C=O) groups excluding carboxylic acids is 1. The van der Waals surface area contributed by atoms with Crippen LogP contribution in [0.2, 0.25) is 5.02 Å². The number of nitrogens with zero attached hydrogens (tertiary/aromatic N) is 2. The number of hydrogen-bond donors (Lipinski definition) is 0. The lowest BCUT2D eigenvalue weighted by Gasteiger charge is -2.37. The quantitative estimate of drug-likeness (QED) is 0.755. The summed E-state index contributed by atoms with van der Waals surface area (Å²) in [6, 6.07) is 7.47. The first-order chi connectivity index (χ1) is 12.5. The minimum atomic E-state index is -0.897. The molecule has 3 rings (SSSR count). The highest BCUT2D eigenvalue weighted by atomic mass is 35.5. The molecule has 0 aromatic heterocycles. The smallest absolute Gasteiger partial charge is 0.266 e. The topological polar surface area (TPSA) is 32.8 Å². The molecule has 4 nitrogen and oxygen atoms in total. The number of hydrogen-bond acceptors (Lipinski definition) is 4. The van der Waals surface area contributed by atoms with Gasteiger partial charge in [-0.3, -0.25) is 4.79 Å². The Morgan fingerprint density at radius 3 is 2.58 bits per heavy atom. The minimum Gasteiger partial charge on any atom is -0.478 e. The molecule has 2 aliphatic heterocycles. The first-order valence-corrected chi connectivity index (χ1v) is 11.0. The minimum absolute atomic E-state index is 0.0825. The van der Waals surface area contributed by atoms with Crippen molar-refractivity contribution in [3.63, 3.8) is 0 Å². The highest BCUT2D eigenvalue weighted by Crippen LogP contribution is 2.26. The van der Waals surface area contributed by atoms with Crippen LogP contribution in [0.25, 0.3) is 0 Å². The van der Waals surface area contributed by atoms with E-state index >= 15 is 0 Å². The summed E-state index contributed by atoms with van der Waals surface area (Å²) < 4.78 is 6.06. The average Bonchev–Trinajstić information content (AvgIpc) is 3.01. The van der Waals surface area contributed by atoms with Gasteiger partial charge in [0, 0.05) is 23.9 Å². The Morgan fingerprint density at radius 2 is 1.88 bits per heavy atom. The van der Waals surface area contributed by atoms with E-state index in [4.69, 9.17) is 16.3 Å². The Kier molecular flexibility index (Phi) is 6.76. The van der Waals surface area contributed by atoms with Crippen LogP contribution in [-0.2, 0) is 4.79 Å². The highest BCUT2D eigenvalue weighted by molar-refractivity contribution is 7.99. The number of ether oxygens (including phenoxy) is 1. The van der Waals surface area contributed by atoms with Crippen molar-refractivity contribution < 1.29 is 9.53 Å². The van der Waals surface area contributed by atoms with Gasteiger partial charge in [-0.25, -0.2) is 0 Å². The fourth-order valence-corrected chi connectivity index (χ4v) is 4.88.